The van der Waals surface area contributed by atoms with Crippen molar-refractivity contribution in [3.05, 3.63) is 81.9 Å². The molecule has 0 atom stereocenters. The first-order valence-corrected chi connectivity index (χ1v) is 7.62. The molecule has 0 fully saturated rings. The SMILES string of the molecule is Nc1sc(-c2ccccc2)cc1C(=O)c1cccc([N+](=O)[O-])c1. The lowest BCUT2D eigenvalue weighted by atomic mass is 10.0. The molecule has 0 radical (unpaired) electrons. The van der Waals surface area contributed by atoms with E-state index in [-0.39, 0.29) is 17.0 Å². The van der Waals surface area contributed by atoms with E-state index in [2.05, 4.69) is 0 Å². The molecule has 114 valence electrons. The fraction of sp³-hybridized carbons (Fsp3) is 0. The molecule has 1 aromatic heterocycles. The van der Waals surface area contributed by atoms with Crippen LogP contribution in [0.25, 0.3) is 10.4 Å². The number of ketones is 1. The van der Waals surface area contributed by atoms with Gasteiger partial charge in [0.1, 0.15) is 0 Å². The summed E-state index contributed by atoms with van der Waals surface area (Å²) >= 11 is 1.32. The number of hydrogen-bond acceptors (Lipinski definition) is 5. The van der Waals surface area contributed by atoms with Crippen LogP contribution in [0.15, 0.2) is 60.7 Å². The van der Waals surface area contributed by atoms with Crippen molar-refractivity contribution in [2.45, 2.75) is 0 Å². The highest BCUT2D eigenvalue weighted by Gasteiger charge is 2.18. The number of rotatable bonds is 4. The zero-order chi connectivity index (χ0) is 16.4. The summed E-state index contributed by atoms with van der Waals surface area (Å²) in [4.78, 5) is 23.8. The summed E-state index contributed by atoms with van der Waals surface area (Å²) in [6.07, 6.45) is 0. The number of nitro benzene ring substituents is 1. The number of nitrogens with zero attached hydrogens (tertiary/aromatic N) is 1. The van der Waals surface area contributed by atoms with Crippen molar-refractivity contribution < 1.29 is 9.72 Å². The summed E-state index contributed by atoms with van der Waals surface area (Å²) in [6.45, 7) is 0. The molecular weight excluding hydrogens is 312 g/mol. The van der Waals surface area contributed by atoms with Crippen LogP contribution in [0.1, 0.15) is 15.9 Å². The highest BCUT2D eigenvalue weighted by Crippen LogP contribution is 2.34. The van der Waals surface area contributed by atoms with Crippen molar-refractivity contribution in [3.8, 4) is 10.4 Å². The van der Waals surface area contributed by atoms with Gasteiger partial charge < -0.3 is 5.73 Å². The van der Waals surface area contributed by atoms with Crippen LogP contribution in [0, 0.1) is 10.1 Å². The summed E-state index contributed by atoms with van der Waals surface area (Å²) in [5, 5.41) is 11.2. The third kappa shape index (κ3) is 2.97. The first-order chi connectivity index (χ1) is 11.1. The van der Waals surface area contributed by atoms with Gasteiger partial charge in [0, 0.05) is 22.6 Å². The summed E-state index contributed by atoms with van der Waals surface area (Å²) in [5.41, 5.74) is 7.46. The zero-order valence-corrected chi connectivity index (χ0v) is 12.7. The number of anilines is 1. The van der Waals surface area contributed by atoms with Gasteiger partial charge in [-0.1, -0.05) is 42.5 Å². The van der Waals surface area contributed by atoms with Crippen LogP contribution in [0.5, 0.6) is 0 Å². The van der Waals surface area contributed by atoms with Crippen LogP contribution in [-0.4, -0.2) is 10.7 Å². The molecule has 0 saturated carbocycles. The molecule has 2 aromatic carbocycles. The summed E-state index contributed by atoms with van der Waals surface area (Å²) < 4.78 is 0. The maximum absolute atomic E-state index is 12.6. The van der Waals surface area contributed by atoms with Gasteiger partial charge >= 0.3 is 0 Å². The average Bonchev–Trinajstić information content (AvgIpc) is 2.97. The van der Waals surface area contributed by atoms with Crippen LogP contribution in [0.2, 0.25) is 0 Å². The van der Waals surface area contributed by atoms with E-state index in [4.69, 9.17) is 5.73 Å². The van der Waals surface area contributed by atoms with Gasteiger partial charge in [-0.05, 0) is 11.6 Å². The largest absolute Gasteiger partial charge is 0.390 e. The molecule has 0 aliphatic carbocycles. The van der Waals surface area contributed by atoms with E-state index in [0.717, 1.165) is 10.4 Å². The highest BCUT2D eigenvalue weighted by atomic mass is 32.1. The Morgan fingerprint density at radius 3 is 2.48 bits per heavy atom. The Morgan fingerprint density at radius 2 is 1.78 bits per heavy atom. The van der Waals surface area contributed by atoms with Crippen molar-refractivity contribution in [1.82, 2.24) is 0 Å². The van der Waals surface area contributed by atoms with Crippen molar-refractivity contribution in [3.63, 3.8) is 0 Å². The molecule has 3 rings (SSSR count). The average molecular weight is 324 g/mol. The molecule has 1 heterocycles. The van der Waals surface area contributed by atoms with Crippen LogP contribution in [-0.2, 0) is 0 Å². The number of carbonyl (C=O) groups is 1. The quantitative estimate of drug-likeness (QED) is 0.444. The Hall–Kier alpha value is -2.99. The summed E-state index contributed by atoms with van der Waals surface area (Å²) in [6, 6.07) is 17.0. The Labute approximate surface area is 136 Å². The van der Waals surface area contributed by atoms with Crippen LogP contribution in [0.4, 0.5) is 10.7 Å². The number of non-ortho nitro benzene ring substituents is 1. The van der Waals surface area contributed by atoms with E-state index in [9.17, 15) is 14.9 Å². The van der Waals surface area contributed by atoms with Gasteiger partial charge in [0.25, 0.3) is 5.69 Å². The maximum Gasteiger partial charge on any atom is 0.270 e. The highest BCUT2D eigenvalue weighted by molar-refractivity contribution is 7.19. The van der Waals surface area contributed by atoms with Gasteiger partial charge in [0.2, 0.25) is 0 Å². The molecule has 0 amide bonds. The molecule has 0 aliphatic heterocycles. The molecule has 23 heavy (non-hydrogen) atoms. The number of carbonyl (C=O) groups excluding carboxylic acids is 1. The second-order valence-electron chi connectivity index (χ2n) is 4.89. The van der Waals surface area contributed by atoms with E-state index >= 15 is 0 Å². The molecule has 0 unspecified atom stereocenters. The number of nitro groups is 1. The first-order valence-electron chi connectivity index (χ1n) is 6.80. The van der Waals surface area contributed by atoms with E-state index in [1.54, 1.807) is 12.1 Å². The van der Waals surface area contributed by atoms with E-state index < -0.39 is 4.92 Å². The van der Waals surface area contributed by atoms with Gasteiger partial charge in [-0.3, -0.25) is 14.9 Å². The van der Waals surface area contributed by atoms with Crippen LogP contribution < -0.4 is 5.73 Å². The van der Waals surface area contributed by atoms with Gasteiger partial charge in [0.15, 0.2) is 5.78 Å². The molecule has 3 aromatic rings. The Bertz CT molecular complexity index is 888. The van der Waals surface area contributed by atoms with Crippen molar-refractivity contribution >= 4 is 27.8 Å². The molecule has 0 aliphatic rings. The molecule has 5 nitrogen and oxygen atoms in total. The molecule has 0 bridgehead atoms. The number of nitrogen functional groups attached to an aromatic ring is 1. The van der Waals surface area contributed by atoms with Crippen LogP contribution in [0.3, 0.4) is 0 Å². The Kier molecular flexibility index (Phi) is 3.91. The fourth-order valence-corrected chi connectivity index (χ4v) is 3.17. The lowest BCUT2D eigenvalue weighted by molar-refractivity contribution is -0.384. The topological polar surface area (TPSA) is 86.2 Å². The number of hydrogen-bond donors (Lipinski definition) is 1. The summed E-state index contributed by atoms with van der Waals surface area (Å²) in [7, 11) is 0. The Balaban J connectivity index is 1.99. The van der Waals surface area contributed by atoms with E-state index in [1.165, 1.54) is 29.5 Å². The minimum atomic E-state index is -0.525. The lowest BCUT2D eigenvalue weighted by Gasteiger charge is -2.00. The van der Waals surface area contributed by atoms with Gasteiger partial charge in [-0.2, -0.15) is 0 Å². The molecular formula is C17H12N2O3S. The number of thiophene rings is 1. The molecule has 0 spiro atoms. The molecule has 2 N–H and O–H groups in total. The van der Waals surface area contributed by atoms with Gasteiger partial charge in [-0.15, -0.1) is 11.3 Å². The van der Waals surface area contributed by atoms with Crippen molar-refractivity contribution in [2.75, 3.05) is 5.73 Å². The predicted molar refractivity (Wildman–Crippen MR) is 90.7 cm³/mol. The third-order valence-corrected chi connectivity index (χ3v) is 4.40. The predicted octanol–water partition coefficient (Wildman–Crippen LogP) is 4.14. The lowest BCUT2D eigenvalue weighted by Crippen LogP contribution is -2.03. The standard InChI is InChI=1S/C17H12N2O3S/c18-17-14(10-15(23-17)11-5-2-1-3-6-11)16(20)12-7-4-8-13(9-12)19(21)22/h1-10H,18H2. The monoisotopic (exact) mass is 324 g/mol. The minimum Gasteiger partial charge on any atom is -0.390 e. The Morgan fingerprint density at radius 1 is 1.04 bits per heavy atom. The normalized spacial score (nSPS) is 10.4. The number of nitrogens with two attached hydrogens (primary N) is 1. The molecule has 0 saturated heterocycles. The van der Waals surface area contributed by atoms with Crippen molar-refractivity contribution in [2.24, 2.45) is 0 Å². The van der Waals surface area contributed by atoms with Gasteiger partial charge in [0.05, 0.1) is 15.5 Å². The van der Waals surface area contributed by atoms with Crippen LogP contribution >= 0.6 is 11.3 Å². The smallest absolute Gasteiger partial charge is 0.270 e. The third-order valence-electron chi connectivity index (χ3n) is 3.38. The summed E-state index contributed by atoms with van der Waals surface area (Å²) in [5.74, 6) is -0.315. The van der Waals surface area contributed by atoms with E-state index in [1.807, 2.05) is 30.3 Å². The second kappa shape index (κ2) is 6.02. The first kappa shape index (κ1) is 14.9. The van der Waals surface area contributed by atoms with E-state index in [0.29, 0.717) is 10.6 Å². The van der Waals surface area contributed by atoms with Crippen molar-refractivity contribution in [1.29, 1.82) is 0 Å². The number of benzene rings is 2. The molecule has 6 heteroatoms. The minimum absolute atomic E-state index is 0.118. The zero-order valence-electron chi connectivity index (χ0n) is 11.9. The fourth-order valence-electron chi connectivity index (χ4n) is 2.24. The van der Waals surface area contributed by atoms with Gasteiger partial charge in [-0.25, -0.2) is 0 Å². The second-order valence-corrected chi connectivity index (χ2v) is 5.97. The maximum atomic E-state index is 12.6.